The van der Waals surface area contributed by atoms with Gasteiger partial charge in [0, 0.05) is 18.7 Å². The smallest absolute Gasteiger partial charge is 0.261 e. The summed E-state index contributed by atoms with van der Waals surface area (Å²) in [6, 6.07) is 22.5. The highest BCUT2D eigenvalue weighted by atomic mass is 32.2. The molecule has 4 rings (SSSR count). The van der Waals surface area contributed by atoms with Gasteiger partial charge >= 0.3 is 0 Å². The zero-order valence-corrected chi connectivity index (χ0v) is 16.8. The highest BCUT2D eigenvalue weighted by molar-refractivity contribution is 7.92. The van der Waals surface area contributed by atoms with Crippen LogP contribution in [0.3, 0.4) is 0 Å². The number of aromatic nitrogens is 2. The van der Waals surface area contributed by atoms with Crippen LogP contribution < -0.4 is 10.0 Å². The van der Waals surface area contributed by atoms with E-state index in [1.807, 2.05) is 28.8 Å². The van der Waals surface area contributed by atoms with Crippen molar-refractivity contribution in [2.45, 2.75) is 17.9 Å². The number of nitrogens with zero attached hydrogens (tertiary/aromatic N) is 2. The van der Waals surface area contributed by atoms with Gasteiger partial charge in [-0.3, -0.25) is 9.52 Å². The number of imidazole rings is 1. The maximum atomic E-state index is 12.5. The van der Waals surface area contributed by atoms with Crippen molar-refractivity contribution in [3.63, 3.8) is 0 Å². The predicted octanol–water partition coefficient (Wildman–Crippen LogP) is 3.87. The van der Waals surface area contributed by atoms with E-state index in [-0.39, 0.29) is 17.2 Å². The molecule has 152 valence electrons. The Balaban J connectivity index is 1.40. The summed E-state index contributed by atoms with van der Waals surface area (Å²) in [5, 5.41) is 2.81. The molecule has 0 atom stereocenters. The van der Waals surface area contributed by atoms with Crippen molar-refractivity contribution < 1.29 is 13.2 Å². The molecule has 1 amide bonds. The SMILES string of the molecule is O=C(CCn1cnc2ccccc21)Nc1cccc(NS(=O)(=O)c2ccccc2)c1. The Morgan fingerprint density at radius 2 is 1.63 bits per heavy atom. The molecule has 0 saturated heterocycles. The third kappa shape index (κ3) is 4.49. The second kappa shape index (κ2) is 8.38. The molecule has 30 heavy (non-hydrogen) atoms. The van der Waals surface area contributed by atoms with E-state index in [0.717, 1.165) is 11.0 Å². The fraction of sp³-hybridized carbons (Fsp3) is 0.0909. The van der Waals surface area contributed by atoms with Gasteiger partial charge < -0.3 is 9.88 Å². The van der Waals surface area contributed by atoms with Crippen molar-refractivity contribution in [1.82, 2.24) is 9.55 Å². The summed E-state index contributed by atoms with van der Waals surface area (Å²) in [6.45, 7) is 0.493. The fourth-order valence-electron chi connectivity index (χ4n) is 3.11. The lowest BCUT2D eigenvalue weighted by Crippen LogP contribution is -2.15. The number of hydrogen-bond acceptors (Lipinski definition) is 4. The third-order valence-electron chi connectivity index (χ3n) is 4.56. The van der Waals surface area contributed by atoms with Crippen LogP contribution in [0.1, 0.15) is 6.42 Å². The van der Waals surface area contributed by atoms with E-state index < -0.39 is 10.0 Å². The second-order valence-corrected chi connectivity index (χ2v) is 8.41. The van der Waals surface area contributed by atoms with Gasteiger partial charge in [-0.2, -0.15) is 0 Å². The lowest BCUT2D eigenvalue weighted by atomic mass is 10.2. The quantitative estimate of drug-likeness (QED) is 0.475. The summed E-state index contributed by atoms with van der Waals surface area (Å²) >= 11 is 0. The summed E-state index contributed by atoms with van der Waals surface area (Å²) in [6.07, 6.45) is 1.98. The predicted molar refractivity (Wildman–Crippen MR) is 117 cm³/mol. The highest BCUT2D eigenvalue weighted by Crippen LogP contribution is 2.20. The Hall–Kier alpha value is -3.65. The zero-order valence-electron chi connectivity index (χ0n) is 16.0. The van der Waals surface area contributed by atoms with E-state index in [0.29, 0.717) is 17.9 Å². The van der Waals surface area contributed by atoms with Crippen LogP contribution in [0.4, 0.5) is 11.4 Å². The normalized spacial score (nSPS) is 11.3. The molecule has 0 saturated carbocycles. The lowest BCUT2D eigenvalue weighted by molar-refractivity contribution is -0.116. The van der Waals surface area contributed by atoms with Crippen molar-refractivity contribution >= 4 is 38.3 Å². The van der Waals surface area contributed by atoms with Gasteiger partial charge in [-0.15, -0.1) is 0 Å². The van der Waals surface area contributed by atoms with Crippen LogP contribution >= 0.6 is 0 Å². The number of rotatable bonds is 7. The van der Waals surface area contributed by atoms with E-state index >= 15 is 0 Å². The summed E-state index contributed by atoms with van der Waals surface area (Å²) < 4.78 is 29.4. The monoisotopic (exact) mass is 420 g/mol. The molecule has 0 unspecified atom stereocenters. The number of anilines is 2. The molecule has 0 aliphatic rings. The Bertz CT molecular complexity index is 1280. The van der Waals surface area contributed by atoms with Crippen LogP contribution in [-0.4, -0.2) is 23.9 Å². The Morgan fingerprint density at radius 1 is 0.900 bits per heavy atom. The van der Waals surface area contributed by atoms with Gasteiger partial charge in [0.1, 0.15) is 0 Å². The molecular weight excluding hydrogens is 400 g/mol. The molecular formula is C22H20N4O3S. The largest absolute Gasteiger partial charge is 0.330 e. The van der Waals surface area contributed by atoms with Crippen LogP contribution in [0.2, 0.25) is 0 Å². The van der Waals surface area contributed by atoms with Gasteiger partial charge in [0.15, 0.2) is 0 Å². The van der Waals surface area contributed by atoms with E-state index in [1.165, 1.54) is 12.1 Å². The first-order valence-corrected chi connectivity index (χ1v) is 10.9. The molecule has 0 fully saturated rings. The van der Waals surface area contributed by atoms with E-state index in [1.54, 1.807) is 48.8 Å². The minimum atomic E-state index is -3.69. The lowest BCUT2D eigenvalue weighted by Gasteiger charge is -2.11. The molecule has 0 aliphatic carbocycles. The molecule has 7 nitrogen and oxygen atoms in total. The van der Waals surface area contributed by atoms with Crippen molar-refractivity contribution in [3.8, 4) is 0 Å². The molecule has 4 aromatic rings. The summed E-state index contributed by atoms with van der Waals surface area (Å²) in [7, 11) is -3.69. The number of carbonyl (C=O) groups excluding carboxylic acids is 1. The Kier molecular flexibility index (Phi) is 5.49. The minimum absolute atomic E-state index is 0.171. The molecule has 0 spiro atoms. The first-order valence-electron chi connectivity index (χ1n) is 9.39. The first-order chi connectivity index (χ1) is 14.5. The van der Waals surface area contributed by atoms with Gasteiger partial charge in [0.2, 0.25) is 5.91 Å². The van der Waals surface area contributed by atoms with Gasteiger partial charge in [-0.05, 0) is 42.5 Å². The van der Waals surface area contributed by atoms with E-state index in [4.69, 9.17) is 0 Å². The van der Waals surface area contributed by atoms with Gasteiger partial charge in [-0.25, -0.2) is 13.4 Å². The molecule has 1 aromatic heterocycles. The minimum Gasteiger partial charge on any atom is -0.330 e. The maximum absolute atomic E-state index is 12.5. The molecule has 2 N–H and O–H groups in total. The fourth-order valence-corrected chi connectivity index (χ4v) is 4.18. The number of para-hydroxylation sites is 2. The Morgan fingerprint density at radius 3 is 2.47 bits per heavy atom. The number of carbonyl (C=O) groups is 1. The van der Waals surface area contributed by atoms with Crippen molar-refractivity contribution in [1.29, 1.82) is 0 Å². The molecule has 0 aliphatic heterocycles. The number of sulfonamides is 1. The molecule has 0 bridgehead atoms. The topological polar surface area (TPSA) is 93.1 Å². The van der Waals surface area contributed by atoms with Crippen LogP contribution in [-0.2, 0) is 21.4 Å². The number of aryl methyl sites for hydroxylation is 1. The molecule has 3 aromatic carbocycles. The number of hydrogen-bond donors (Lipinski definition) is 2. The van der Waals surface area contributed by atoms with Crippen molar-refractivity contribution in [2.24, 2.45) is 0 Å². The molecule has 1 heterocycles. The first kappa shape index (κ1) is 19.7. The van der Waals surface area contributed by atoms with E-state index in [9.17, 15) is 13.2 Å². The second-order valence-electron chi connectivity index (χ2n) is 6.72. The third-order valence-corrected chi connectivity index (χ3v) is 5.96. The van der Waals surface area contributed by atoms with E-state index in [2.05, 4.69) is 15.0 Å². The van der Waals surface area contributed by atoms with Crippen LogP contribution in [0.5, 0.6) is 0 Å². The number of fused-ring (bicyclic) bond motifs is 1. The average molecular weight is 420 g/mol. The number of benzene rings is 3. The highest BCUT2D eigenvalue weighted by Gasteiger charge is 2.14. The Labute approximate surface area is 174 Å². The standard InChI is InChI=1S/C22H20N4O3S/c27-22(13-14-26-16-23-20-11-4-5-12-21(20)26)24-17-7-6-8-18(15-17)25-30(28,29)19-9-2-1-3-10-19/h1-12,15-16,25H,13-14H2,(H,24,27). The summed E-state index contributed by atoms with van der Waals surface area (Å²) in [5.41, 5.74) is 2.75. The van der Waals surface area contributed by atoms with Gasteiger partial charge in [-0.1, -0.05) is 36.4 Å². The molecule has 8 heteroatoms. The van der Waals surface area contributed by atoms with Crippen molar-refractivity contribution in [2.75, 3.05) is 10.0 Å². The number of amides is 1. The zero-order chi connectivity index (χ0) is 21.0. The average Bonchev–Trinajstić information content (AvgIpc) is 3.16. The van der Waals surface area contributed by atoms with Crippen LogP contribution in [0.25, 0.3) is 11.0 Å². The van der Waals surface area contributed by atoms with Crippen LogP contribution in [0, 0.1) is 0 Å². The summed E-state index contributed by atoms with van der Waals surface area (Å²) in [5.74, 6) is -0.171. The van der Waals surface area contributed by atoms with Crippen molar-refractivity contribution in [3.05, 3.63) is 85.2 Å². The molecule has 0 radical (unpaired) electrons. The summed E-state index contributed by atoms with van der Waals surface area (Å²) in [4.78, 5) is 16.9. The maximum Gasteiger partial charge on any atom is 0.261 e. The van der Waals surface area contributed by atoms with Gasteiger partial charge in [0.05, 0.1) is 27.9 Å². The van der Waals surface area contributed by atoms with Gasteiger partial charge in [0.25, 0.3) is 10.0 Å². The number of nitrogens with one attached hydrogen (secondary N) is 2. The van der Waals surface area contributed by atoms with Crippen LogP contribution in [0.15, 0.2) is 90.1 Å².